The van der Waals surface area contributed by atoms with Gasteiger partial charge in [0.15, 0.2) is 0 Å². The molecule has 160 valence electrons. The van der Waals surface area contributed by atoms with Gasteiger partial charge in [0.2, 0.25) is 5.78 Å². The number of halogens is 1. The van der Waals surface area contributed by atoms with Gasteiger partial charge in [-0.15, -0.1) is 0 Å². The van der Waals surface area contributed by atoms with Crippen molar-refractivity contribution in [2.45, 2.75) is 6.92 Å². The van der Waals surface area contributed by atoms with Gasteiger partial charge >= 0.3 is 5.97 Å². The third kappa shape index (κ3) is 4.02. The third-order valence-electron chi connectivity index (χ3n) is 4.83. The van der Waals surface area contributed by atoms with Crippen molar-refractivity contribution in [3.63, 3.8) is 0 Å². The van der Waals surface area contributed by atoms with Crippen LogP contribution >= 0.6 is 15.9 Å². The molecule has 2 aromatic carbocycles. The van der Waals surface area contributed by atoms with Gasteiger partial charge in [0.25, 0.3) is 5.69 Å². The lowest BCUT2D eigenvalue weighted by molar-refractivity contribution is -0.384. The van der Waals surface area contributed by atoms with Crippen molar-refractivity contribution >= 4 is 38.9 Å². The second-order valence-corrected chi connectivity index (χ2v) is 7.76. The number of non-ortho nitro benzene ring substituents is 1. The first kappa shape index (κ1) is 21.4. The highest BCUT2D eigenvalue weighted by molar-refractivity contribution is 9.10. The Morgan fingerprint density at radius 1 is 1.12 bits per heavy atom. The number of benzene rings is 2. The van der Waals surface area contributed by atoms with Crippen molar-refractivity contribution in [1.82, 2.24) is 9.38 Å². The molecule has 0 aliphatic heterocycles. The molecule has 0 spiro atoms. The second kappa shape index (κ2) is 8.72. The lowest BCUT2D eigenvalue weighted by atomic mass is 10.1. The molecule has 0 aliphatic rings. The Bertz CT molecular complexity index is 1380. The molecule has 0 aliphatic carbocycles. The number of ether oxygens (including phenoxy) is 1. The van der Waals surface area contributed by atoms with E-state index in [1.807, 2.05) is 24.3 Å². The molecule has 32 heavy (non-hydrogen) atoms. The third-order valence-corrected chi connectivity index (χ3v) is 5.32. The van der Waals surface area contributed by atoms with Crippen LogP contribution < -0.4 is 0 Å². The molecule has 0 unspecified atom stereocenters. The molecule has 0 N–H and O–H groups in total. The fourth-order valence-electron chi connectivity index (χ4n) is 3.36. The van der Waals surface area contributed by atoms with E-state index in [1.54, 1.807) is 13.0 Å². The molecule has 0 saturated carbocycles. The molecule has 0 atom stereocenters. The van der Waals surface area contributed by atoms with Gasteiger partial charge < -0.3 is 4.74 Å². The first-order chi connectivity index (χ1) is 15.4. The Hall–Kier alpha value is -3.85. The fraction of sp³-hybridized carbons (Fsp3) is 0.0870. The van der Waals surface area contributed by atoms with Gasteiger partial charge in [-0.1, -0.05) is 40.2 Å². The van der Waals surface area contributed by atoms with Gasteiger partial charge in [-0.2, -0.15) is 0 Å². The maximum atomic E-state index is 13.2. The second-order valence-electron chi connectivity index (χ2n) is 6.84. The number of aromatic nitrogens is 2. The van der Waals surface area contributed by atoms with E-state index in [1.165, 1.54) is 41.1 Å². The molecule has 0 saturated heterocycles. The SMILES string of the molecule is CCOC(=O)c1cc(C(=O)c2cccc([N+](=O)[O-])c2)n2cnc(-c3cccc(Br)c3)cc12. The summed E-state index contributed by atoms with van der Waals surface area (Å²) in [5.41, 5.74) is 2.17. The summed E-state index contributed by atoms with van der Waals surface area (Å²) in [7, 11) is 0. The highest BCUT2D eigenvalue weighted by atomic mass is 79.9. The van der Waals surface area contributed by atoms with Crippen LogP contribution in [-0.4, -0.2) is 32.7 Å². The Morgan fingerprint density at radius 3 is 2.62 bits per heavy atom. The molecule has 4 rings (SSSR count). The topological polar surface area (TPSA) is 104 Å². The van der Waals surface area contributed by atoms with Crippen molar-refractivity contribution in [3.05, 3.63) is 98.4 Å². The van der Waals surface area contributed by atoms with E-state index in [-0.39, 0.29) is 29.1 Å². The maximum absolute atomic E-state index is 13.2. The molecular weight excluding hydrogens is 478 g/mol. The number of carbonyl (C=O) groups is 2. The number of esters is 1. The van der Waals surface area contributed by atoms with Crippen molar-refractivity contribution in [2.75, 3.05) is 6.61 Å². The van der Waals surface area contributed by atoms with Crippen molar-refractivity contribution in [2.24, 2.45) is 0 Å². The maximum Gasteiger partial charge on any atom is 0.340 e. The van der Waals surface area contributed by atoms with E-state index in [0.29, 0.717) is 11.2 Å². The number of ketones is 1. The van der Waals surface area contributed by atoms with E-state index in [4.69, 9.17) is 4.74 Å². The smallest absolute Gasteiger partial charge is 0.340 e. The number of rotatable bonds is 6. The van der Waals surface area contributed by atoms with Crippen molar-refractivity contribution < 1.29 is 19.2 Å². The first-order valence-electron chi connectivity index (χ1n) is 9.62. The van der Waals surface area contributed by atoms with Crippen LogP contribution in [0.3, 0.4) is 0 Å². The zero-order valence-corrected chi connectivity index (χ0v) is 18.4. The molecule has 0 fully saturated rings. The van der Waals surface area contributed by atoms with Crippen LogP contribution in [0.2, 0.25) is 0 Å². The van der Waals surface area contributed by atoms with Gasteiger partial charge in [0.1, 0.15) is 6.33 Å². The Balaban J connectivity index is 1.88. The molecule has 8 nitrogen and oxygen atoms in total. The summed E-state index contributed by atoms with van der Waals surface area (Å²) in [6.07, 6.45) is 1.46. The number of fused-ring (bicyclic) bond motifs is 1. The van der Waals surface area contributed by atoms with Gasteiger partial charge in [-0.05, 0) is 31.2 Å². The van der Waals surface area contributed by atoms with Crippen LogP contribution in [0.1, 0.15) is 33.3 Å². The number of hydrogen-bond acceptors (Lipinski definition) is 6. The molecule has 0 radical (unpaired) electrons. The highest BCUT2D eigenvalue weighted by Gasteiger charge is 2.23. The summed E-state index contributed by atoms with van der Waals surface area (Å²) in [4.78, 5) is 40.8. The van der Waals surface area contributed by atoms with Crippen LogP contribution in [0.25, 0.3) is 16.8 Å². The minimum Gasteiger partial charge on any atom is -0.462 e. The minimum absolute atomic E-state index is 0.130. The standard InChI is InChI=1S/C23H16BrN3O5/c1-2-32-23(29)18-11-21(22(28)15-6-4-8-17(10-15)27(30)31)26-13-25-19(12-20(18)26)14-5-3-7-16(24)9-14/h3-13H,2H2,1H3. The average Bonchev–Trinajstić information content (AvgIpc) is 3.18. The van der Waals surface area contributed by atoms with Gasteiger partial charge in [-0.25, -0.2) is 9.78 Å². The average molecular weight is 494 g/mol. The van der Waals surface area contributed by atoms with Crippen LogP contribution in [0.4, 0.5) is 5.69 Å². The number of carbonyl (C=O) groups excluding carboxylic acids is 2. The number of nitro groups is 1. The molecule has 0 bridgehead atoms. The van der Waals surface area contributed by atoms with Crippen LogP contribution in [0.5, 0.6) is 0 Å². The highest BCUT2D eigenvalue weighted by Crippen LogP contribution is 2.27. The summed E-state index contributed by atoms with van der Waals surface area (Å²) in [6.45, 7) is 1.87. The van der Waals surface area contributed by atoms with E-state index in [9.17, 15) is 19.7 Å². The Morgan fingerprint density at radius 2 is 1.91 bits per heavy atom. The van der Waals surface area contributed by atoms with Gasteiger partial charge in [0.05, 0.1) is 34.0 Å². The van der Waals surface area contributed by atoms with Crippen LogP contribution in [-0.2, 0) is 4.74 Å². The summed E-state index contributed by atoms with van der Waals surface area (Å²) in [6, 6.07) is 16.1. The summed E-state index contributed by atoms with van der Waals surface area (Å²) < 4.78 is 7.54. The molecule has 4 aromatic rings. The predicted molar refractivity (Wildman–Crippen MR) is 121 cm³/mol. The summed E-state index contributed by atoms with van der Waals surface area (Å²) >= 11 is 3.43. The van der Waals surface area contributed by atoms with Gasteiger partial charge in [0, 0.05) is 27.7 Å². The van der Waals surface area contributed by atoms with E-state index < -0.39 is 16.7 Å². The molecule has 2 heterocycles. The van der Waals surface area contributed by atoms with Crippen molar-refractivity contribution in [3.8, 4) is 11.3 Å². The lowest BCUT2D eigenvalue weighted by Crippen LogP contribution is -2.06. The summed E-state index contributed by atoms with van der Waals surface area (Å²) in [5.74, 6) is -1.05. The Kier molecular flexibility index (Phi) is 5.83. The van der Waals surface area contributed by atoms with E-state index in [2.05, 4.69) is 20.9 Å². The molecular formula is C23H16BrN3O5. The zero-order chi connectivity index (χ0) is 22.8. The first-order valence-corrected chi connectivity index (χ1v) is 10.4. The summed E-state index contributed by atoms with van der Waals surface area (Å²) in [5, 5.41) is 11.1. The monoisotopic (exact) mass is 493 g/mol. The predicted octanol–water partition coefficient (Wildman–Crippen LogP) is 5.08. The largest absolute Gasteiger partial charge is 0.462 e. The fourth-order valence-corrected chi connectivity index (χ4v) is 3.76. The Labute approximate surface area is 190 Å². The zero-order valence-electron chi connectivity index (χ0n) is 16.8. The molecule has 9 heteroatoms. The lowest BCUT2D eigenvalue weighted by Gasteiger charge is -2.06. The van der Waals surface area contributed by atoms with E-state index >= 15 is 0 Å². The van der Waals surface area contributed by atoms with Crippen LogP contribution in [0, 0.1) is 10.1 Å². The number of hydrogen-bond donors (Lipinski definition) is 0. The number of nitrogens with zero attached hydrogens (tertiary/aromatic N) is 3. The van der Waals surface area contributed by atoms with Crippen molar-refractivity contribution in [1.29, 1.82) is 0 Å². The molecule has 0 amide bonds. The van der Waals surface area contributed by atoms with Crippen LogP contribution in [0.15, 0.2) is 71.5 Å². The quantitative estimate of drug-likeness (QED) is 0.160. The molecule has 2 aromatic heterocycles. The van der Waals surface area contributed by atoms with Gasteiger partial charge in [-0.3, -0.25) is 19.3 Å². The van der Waals surface area contributed by atoms with E-state index in [0.717, 1.165) is 10.0 Å². The minimum atomic E-state index is -0.575. The number of nitro benzene ring substituents is 1. The normalized spacial score (nSPS) is 10.8.